The first-order valence-electron chi connectivity index (χ1n) is 11.4. The standard InChI is InChI=1S/C24H24N10/c1-3-9-25-19(7-1)33-17-31(21-23(33)29-13-11-27-21)15-5-6-16-32-18-34(20-8-2-4-10-26-20)24-22(32)28-12-14-30-24/h1-4,7-14H,5-6,15-18H2. The second kappa shape index (κ2) is 8.89. The van der Waals surface area contributed by atoms with Gasteiger partial charge in [-0.3, -0.25) is 9.80 Å². The van der Waals surface area contributed by atoms with Gasteiger partial charge >= 0.3 is 0 Å². The highest BCUT2D eigenvalue weighted by Gasteiger charge is 2.31. The highest BCUT2D eigenvalue weighted by Crippen LogP contribution is 2.37. The van der Waals surface area contributed by atoms with Crippen molar-refractivity contribution in [2.45, 2.75) is 12.8 Å². The van der Waals surface area contributed by atoms with Crippen LogP contribution in [-0.2, 0) is 0 Å². The summed E-state index contributed by atoms with van der Waals surface area (Å²) in [6, 6.07) is 11.8. The molecule has 0 N–H and O–H groups in total. The lowest BCUT2D eigenvalue weighted by Gasteiger charge is -2.22. The zero-order valence-corrected chi connectivity index (χ0v) is 18.6. The van der Waals surface area contributed by atoms with Crippen molar-refractivity contribution in [1.29, 1.82) is 0 Å². The van der Waals surface area contributed by atoms with Crippen LogP contribution in [0.3, 0.4) is 0 Å². The molecule has 10 heteroatoms. The van der Waals surface area contributed by atoms with Crippen LogP contribution in [0.2, 0.25) is 0 Å². The maximum Gasteiger partial charge on any atom is 0.179 e. The molecule has 0 aromatic carbocycles. The van der Waals surface area contributed by atoms with Gasteiger partial charge in [0.2, 0.25) is 0 Å². The van der Waals surface area contributed by atoms with E-state index >= 15 is 0 Å². The Labute approximate surface area is 197 Å². The Morgan fingerprint density at radius 2 is 0.941 bits per heavy atom. The summed E-state index contributed by atoms with van der Waals surface area (Å²) in [6.07, 6.45) is 12.6. The second-order valence-electron chi connectivity index (χ2n) is 8.16. The van der Waals surface area contributed by atoms with Gasteiger partial charge in [0, 0.05) is 50.3 Å². The van der Waals surface area contributed by atoms with Crippen molar-refractivity contribution in [3.8, 4) is 0 Å². The van der Waals surface area contributed by atoms with Crippen molar-refractivity contribution in [3.05, 3.63) is 73.6 Å². The van der Waals surface area contributed by atoms with Gasteiger partial charge in [0.1, 0.15) is 11.6 Å². The summed E-state index contributed by atoms with van der Waals surface area (Å²) < 4.78 is 0. The molecule has 0 atom stereocenters. The van der Waals surface area contributed by atoms with E-state index in [0.717, 1.165) is 60.8 Å². The summed E-state index contributed by atoms with van der Waals surface area (Å²) in [5.41, 5.74) is 0. The Balaban J connectivity index is 1.10. The largest absolute Gasteiger partial charge is 0.335 e. The van der Waals surface area contributed by atoms with E-state index in [-0.39, 0.29) is 0 Å². The van der Waals surface area contributed by atoms with Crippen LogP contribution in [0, 0.1) is 0 Å². The van der Waals surface area contributed by atoms with E-state index in [1.165, 1.54) is 0 Å². The van der Waals surface area contributed by atoms with Gasteiger partial charge in [-0.1, -0.05) is 12.1 Å². The highest BCUT2D eigenvalue weighted by molar-refractivity contribution is 5.75. The van der Waals surface area contributed by atoms with Crippen LogP contribution in [0.5, 0.6) is 0 Å². The minimum absolute atomic E-state index is 0.696. The first-order chi connectivity index (χ1) is 16.9. The molecule has 10 nitrogen and oxygen atoms in total. The van der Waals surface area contributed by atoms with Gasteiger partial charge in [-0.05, 0) is 37.1 Å². The average Bonchev–Trinajstić information content (AvgIpc) is 3.47. The molecule has 4 aromatic rings. The number of hydrogen-bond acceptors (Lipinski definition) is 10. The van der Waals surface area contributed by atoms with Gasteiger partial charge in [-0.15, -0.1) is 0 Å². The molecule has 0 bridgehead atoms. The molecule has 0 fully saturated rings. The van der Waals surface area contributed by atoms with E-state index in [9.17, 15) is 0 Å². The second-order valence-corrected chi connectivity index (χ2v) is 8.16. The molecule has 0 saturated carbocycles. The molecule has 6 heterocycles. The summed E-state index contributed by atoms with van der Waals surface area (Å²) in [5.74, 6) is 5.30. The highest BCUT2D eigenvalue weighted by atomic mass is 15.5. The quantitative estimate of drug-likeness (QED) is 0.389. The SMILES string of the molecule is c1ccc(N2CN(CCCCN3CN(c4ccccn4)c4nccnc43)c3nccnc32)nc1. The molecule has 6 rings (SSSR count). The van der Waals surface area contributed by atoms with Gasteiger partial charge in [0.25, 0.3) is 0 Å². The lowest BCUT2D eigenvalue weighted by atomic mass is 10.3. The van der Waals surface area contributed by atoms with E-state index in [1.807, 2.05) is 36.4 Å². The number of hydrogen-bond donors (Lipinski definition) is 0. The summed E-state index contributed by atoms with van der Waals surface area (Å²) >= 11 is 0. The van der Waals surface area contributed by atoms with Crippen LogP contribution in [-0.4, -0.2) is 56.3 Å². The van der Waals surface area contributed by atoms with E-state index < -0.39 is 0 Å². The molecule has 170 valence electrons. The van der Waals surface area contributed by atoms with Gasteiger partial charge in [0.05, 0.1) is 13.3 Å². The Bertz CT molecular complexity index is 1150. The fourth-order valence-electron chi connectivity index (χ4n) is 4.43. The van der Waals surface area contributed by atoms with Crippen LogP contribution >= 0.6 is 0 Å². The fraction of sp³-hybridized carbons (Fsp3) is 0.250. The van der Waals surface area contributed by atoms with E-state index in [1.54, 1.807) is 37.2 Å². The third-order valence-electron chi connectivity index (χ3n) is 6.01. The van der Waals surface area contributed by atoms with Crippen LogP contribution < -0.4 is 19.6 Å². The van der Waals surface area contributed by atoms with E-state index in [2.05, 4.69) is 49.5 Å². The predicted octanol–water partition coefficient (Wildman–Crippen LogP) is 3.37. The fourth-order valence-corrected chi connectivity index (χ4v) is 4.43. The van der Waals surface area contributed by atoms with Crippen molar-refractivity contribution in [2.24, 2.45) is 0 Å². The number of unbranched alkanes of at least 4 members (excludes halogenated alkanes) is 1. The monoisotopic (exact) mass is 452 g/mol. The summed E-state index contributed by atoms with van der Waals surface area (Å²) in [6.45, 7) is 3.17. The Hall–Kier alpha value is -4.34. The lowest BCUT2D eigenvalue weighted by Crippen LogP contribution is -2.31. The molecule has 34 heavy (non-hydrogen) atoms. The molecular weight excluding hydrogens is 428 g/mol. The zero-order valence-electron chi connectivity index (χ0n) is 18.6. The minimum atomic E-state index is 0.696. The average molecular weight is 453 g/mol. The third kappa shape index (κ3) is 3.72. The normalized spacial score (nSPS) is 14.5. The molecule has 0 spiro atoms. The smallest absolute Gasteiger partial charge is 0.179 e. The summed E-state index contributed by atoms with van der Waals surface area (Å²) in [5, 5.41) is 0. The topological polar surface area (TPSA) is 90.3 Å². The molecule has 0 aliphatic carbocycles. The predicted molar refractivity (Wildman–Crippen MR) is 130 cm³/mol. The van der Waals surface area contributed by atoms with Gasteiger partial charge in [-0.25, -0.2) is 29.9 Å². The van der Waals surface area contributed by atoms with Gasteiger partial charge in [-0.2, -0.15) is 0 Å². The number of fused-ring (bicyclic) bond motifs is 2. The number of nitrogens with zero attached hydrogens (tertiary/aromatic N) is 10. The number of pyridine rings is 2. The summed E-state index contributed by atoms with van der Waals surface area (Å²) in [4.78, 5) is 36.1. The Morgan fingerprint density at radius 1 is 0.500 bits per heavy atom. The van der Waals surface area contributed by atoms with Crippen molar-refractivity contribution in [3.63, 3.8) is 0 Å². The van der Waals surface area contributed by atoms with Crippen molar-refractivity contribution in [1.82, 2.24) is 29.9 Å². The molecule has 2 aliphatic heterocycles. The van der Waals surface area contributed by atoms with Crippen molar-refractivity contribution >= 4 is 34.9 Å². The zero-order chi connectivity index (χ0) is 22.7. The Kier molecular flexibility index (Phi) is 5.30. The maximum atomic E-state index is 4.60. The molecule has 0 unspecified atom stereocenters. The van der Waals surface area contributed by atoms with Gasteiger partial charge in [0.15, 0.2) is 23.3 Å². The Morgan fingerprint density at radius 3 is 1.35 bits per heavy atom. The van der Waals surface area contributed by atoms with E-state index in [4.69, 9.17) is 0 Å². The van der Waals surface area contributed by atoms with E-state index in [0.29, 0.717) is 13.3 Å². The number of aromatic nitrogens is 6. The van der Waals surface area contributed by atoms with Gasteiger partial charge < -0.3 is 9.80 Å². The third-order valence-corrected chi connectivity index (χ3v) is 6.01. The van der Waals surface area contributed by atoms with Crippen molar-refractivity contribution in [2.75, 3.05) is 46.0 Å². The molecular formula is C24H24N10. The molecule has 2 aliphatic rings. The van der Waals surface area contributed by atoms with Crippen LogP contribution in [0.4, 0.5) is 34.9 Å². The summed E-state index contributed by atoms with van der Waals surface area (Å²) in [7, 11) is 0. The lowest BCUT2D eigenvalue weighted by molar-refractivity contribution is 0.672. The van der Waals surface area contributed by atoms with Crippen LogP contribution in [0.15, 0.2) is 73.6 Å². The number of anilines is 6. The van der Waals surface area contributed by atoms with Crippen LogP contribution in [0.25, 0.3) is 0 Å². The van der Waals surface area contributed by atoms with Crippen molar-refractivity contribution < 1.29 is 0 Å². The molecule has 0 amide bonds. The first-order valence-corrected chi connectivity index (χ1v) is 11.4. The van der Waals surface area contributed by atoms with Crippen LogP contribution in [0.1, 0.15) is 12.8 Å². The molecule has 0 saturated heterocycles. The minimum Gasteiger partial charge on any atom is -0.335 e. The maximum absolute atomic E-state index is 4.60. The molecule has 4 aromatic heterocycles. The molecule has 0 radical (unpaired) electrons. The first kappa shape index (κ1) is 20.3. The number of rotatable bonds is 7.